The molecule has 2 aromatic rings. The molecule has 3 heteroatoms. The third-order valence-corrected chi connectivity index (χ3v) is 4.36. The summed E-state index contributed by atoms with van der Waals surface area (Å²) < 4.78 is 0. The predicted molar refractivity (Wildman–Crippen MR) is 84.6 cm³/mol. The van der Waals surface area contributed by atoms with Gasteiger partial charge < -0.3 is 11.1 Å². The van der Waals surface area contributed by atoms with Crippen molar-refractivity contribution in [2.75, 3.05) is 12.3 Å². The topological polar surface area (TPSA) is 38.0 Å². The molecular weight excluding hydrogens is 252 g/mol. The lowest BCUT2D eigenvalue weighted by Gasteiger charge is -2.04. The van der Waals surface area contributed by atoms with Crippen LogP contribution < -0.4 is 11.1 Å². The minimum Gasteiger partial charge on any atom is -0.399 e. The molecule has 0 aliphatic rings. The van der Waals surface area contributed by atoms with Gasteiger partial charge in [-0.2, -0.15) is 0 Å². The quantitative estimate of drug-likeness (QED) is 0.598. The molecule has 1 heterocycles. The van der Waals surface area contributed by atoms with Gasteiger partial charge in [0.2, 0.25) is 0 Å². The van der Waals surface area contributed by atoms with E-state index in [0.29, 0.717) is 0 Å². The molecule has 0 atom stereocenters. The Morgan fingerprint density at radius 1 is 1.16 bits per heavy atom. The summed E-state index contributed by atoms with van der Waals surface area (Å²) in [6.45, 7) is 4.24. The molecule has 2 rings (SSSR count). The molecule has 19 heavy (non-hydrogen) atoms. The number of benzene rings is 1. The predicted octanol–water partition coefficient (Wildman–Crippen LogP) is 3.62. The third-order valence-electron chi connectivity index (χ3n) is 3.14. The molecule has 1 aromatic heterocycles. The minimum atomic E-state index is 0.858. The Bertz CT molecular complexity index is 505. The van der Waals surface area contributed by atoms with Crippen molar-refractivity contribution >= 4 is 17.0 Å². The molecule has 102 valence electrons. The Hall–Kier alpha value is -1.32. The Kier molecular flexibility index (Phi) is 5.43. The van der Waals surface area contributed by atoms with Crippen LogP contribution in [0, 0.1) is 0 Å². The summed E-state index contributed by atoms with van der Waals surface area (Å²) in [5.74, 6) is 0. The Balaban J connectivity index is 1.64. The molecule has 0 fully saturated rings. The van der Waals surface area contributed by atoms with Gasteiger partial charge in [-0.25, -0.2) is 0 Å². The van der Waals surface area contributed by atoms with Crippen molar-refractivity contribution < 1.29 is 0 Å². The minimum absolute atomic E-state index is 0.858. The molecule has 0 amide bonds. The monoisotopic (exact) mass is 274 g/mol. The number of rotatable bonds is 7. The number of nitrogens with two attached hydrogens (primary N) is 1. The number of thiophene rings is 1. The maximum atomic E-state index is 5.77. The molecule has 0 aliphatic heterocycles. The van der Waals surface area contributed by atoms with Gasteiger partial charge in [-0.3, -0.25) is 0 Å². The highest BCUT2D eigenvalue weighted by atomic mass is 32.1. The SMILES string of the molecule is CCc1ccc(CNCCCc2cccc(N)c2)s1. The fourth-order valence-electron chi connectivity index (χ4n) is 2.09. The van der Waals surface area contributed by atoms with E-state index >= 15 is 0 Å². The summed E-state index contributed by atoms with van der Waals surface area (Å²) in [7, 11) is 0. The molecule has 0 unspecified atom stereocenters. The molecule has 0 spiro atoms. The van der Waals surface area contributed by atoms with Gasteiger partial charge in [0.25, 0.3) is 0 Å². The van der Waals surface area contributed by atoms with Crippen LogP contribution in [0.1, 0.15) is 28.7 Å². The van der Waals surface area contributed by atoms with Gasteiger partial charge >= 0.3 is 0 Å². The summed E-state index contributed by atoms with van der Waals surface area (Å²) >= 11 is 1.91. The van der Waals surface area contributed by atoms with Crippen molar-refractivity contribution in [2.45, 2.75) is 32.7 Å². The molecule has 0 aliphatic carbocycles. The largest absolute Gasteiger partial charge is 0.399 e. The zero-order chi connectivity index (χ0) is 13.5. The van der Waals surface area contributed by atoms with Crippen LogP contribution in [0.15, 0.2) is 36.4 Å². The van der Waals surface area contributed by atoms with Crippen LogP contribution in [0.5, 0.6) is 0 Å². The number of aryl methyl sites for hydroxylation is 2. The van der Waals surface area contributed by atoms with E-state index < -0.39 is 0 Å². The second-order valence-electron chi connectivity index (χ2n) is 4.75. The van der Waals surface area contributed by atoms with Gasteiger partial charge in [-0.15, -0.1) is 11.3 Å². The zero-order valence-electron chi connectivity index (χ0n) is 11.5. The van der Waals surface area contributed by atoms with Crippen LogP contribution in [-0.4, -0.2) is 6.54 Å². The highest BCUT2D eigenvalue weighted by Crippen LogP contribution is 2.16. The normalized spacial score (nSPS) is 10.8. The van der Waals surface area contributed by atoms with Gasteiger partial charge in [0.15, 0.2) is 0 Å². The van der Waals surface area contributed by atoms with Gasteiger partial charge in [0, 0.05) is 22.0 Å². The van der Waals surface area contributed by atoms with Crippen LogP contribution in [0.3, 0.4) is 0 Å². The van der Waals surface area contributed by atoms with E-state index in [4.69, 9.17) is 5.73 Å². The number of nitrogen functional groups attached to an aromatic ring is 1. The lowest BCUT2D eigenvalue weighted by molar-refractivity contribution is 0.654. The average Bonchev–Trinajstić information content (AvgIpc) is 2.86. The van der Waals surface area contributed by atoms with Gasteiger partial charge in [-0.05, 0) is 55.6 Å². The average molecular weight is 274 g/mol. The first-order valence-corrected chi connectivity index (χ1v) is 7.72. The van der Waals surface area contributed by atoms with E-state index in [1.807, 2.05) is 23.5 Å². The molecule has 0 radical (unpaired) electrons. The first kappa shape index (κ1) is 14.1. The Morgan fingerprint density at radius 3 is 2.74 bits per heavy atom. The lowest BCUT2D eigenvalue weighted by Crippen LogP contribution is -2.14. The first-order valence-electron chi connectivity index (χ1n) is 6.90. The van der Waals surface area contributed by atoms with Crippen molar-refractivity contribution in [3.05, 3.63) is 51.7 Å². The van der Waals surface area contributed by atoms with Crippen LogP contribution in [0.4, 0.5) is 5.69 Å². The molecule has 3 N–H and O–H groups in total. The number of hydrogen-bond acceptors (Lipinski definition) is 3. The summed E-state index contributed by atoms with van der Waals surface area (Å²) in [5.41, 5.74) is 7.95. The first-order chi connectivity index (χ1) is 9.28. The third kappa shape index (κ3) is 4.69. The smallest absolute Gasteiger partial charge is 0.0316 e. The van der Waals surface area contributed by atoms with E-state index in [1.165, 1.54) is 15.3 Å². The number of hydrogen-bond donors (Lipinski definition) is 2. The highest BCUT2D eigenvalue weighted by Gasteiger charge is 1.98. The van der Waals surface area contributed by atoms with E-state index in [2.05, 4.69) is 36.5 Å². The highest BCUT2D eigenvalue weighted by molar-refractivity contribution is 7.11. The van der Waals surface area contributed by atoms with E-state index in [-0.39, 0.29) is 0 Å². The molecular formula is C16H22N2S. The van der Waals surface area contributed by atoms with Crippen molar-refractivity contribution in [2.24, 2.45) is 0 Å². The van der Waals surface area contributed by atoms with E-state index in [1.54, 1.807) is 0 Å². The second kappa shape index (κ2) is 7.31. The van der Waals surface area contributed by atoms with Gasteiger partial charge in [-0.1, -0.05) is 19.1 Å². The molecule has 2 nitrogen and oxygen atoms in total. The fourth-order valence-corrected chi connectivity index (χ4v) is 3.01. The molecule has 0 saturated heterocycles. The van der Waals surface area contributed by atoms with E-state index in [0.717, 1.165) is 38.0 Å². The molecule has 0 saturated carbocycles. The second-order valence-corrected chi connectivity index (χ2v) is 6.00. The summed E-state index contributed by atoms with van der Waals surface area (Å²) in [6.07, 6.45) is 3.37. The number of nitrogens with one attached hydrogen (secondary N) is 1. The van der Waals surface area contributed by atoms with Crippen molar-refractivity contribution in [3.8, 4) is 0 Å². The van der Waals surface area contributed by atoms with E-state index in [9.17, 15) is 0 Å². The van der Waals surface area contributed by atoms with Crippen LogP contribution in [-0.2, 0) is 19.4 Å². The summed E-state index contributed by atoms with van der Waals surface area (Å²) in [5, 5.41) is 3.50. The maximum absolute atomic E-state index is 5.77. The van der Waals surface area contributed by atoms with Crippen LogP contribution >= 0.6 is 11.3 Å². The van der Waals surface area contributed by atoms with Crippen molar-refractivity contribution in [1.29, 1.82) is 0 Å². The van der Waals surface area contributed by atoms with Crippen LogP contribution in [0.2, 0.25) is 0 Å². The summed E-state index contributed by atoms with van der Waals surface area (Å²) in [4.78, 5) is 2.90. The van der Waals surface area contributed by atoms with Gasteiger partial charge in [0.05, 0.1) is 0 Å². The fraction of sp³-hybridized carbons (Fsp3) is 0.375. The standard InChI is InChI=1S/C16H22N2S/c1-2-15-8-9-16(19-15)12-18-10-4-6-13-5-3-7-14(17)11-13/h3,5,7-9,11,18H,2,4,6,10,12,17H2,1H3. The van der Waals surface area contributed by atoms with Crippen molar-refractivity contribution in [1.82, 2.24) is 5.32 Å². The van der Waals surface area contributed by atoms with Crippen LogP contribution in [0.25, 0.3) is 0 Å². The number of anilines is 1. The Labute approximate surface area is 119 Å². The molecule has 1 aromatic carbocycles. The molecule has 0 bridgehead atoms. The van der Waals surface area contributed by atoms with Gasteiger partial charge in [0.1, 0.15) is 0 Å². The summed E-state index contributed by atoms with van der Waals surface area (Å²) in [6, 6.07) is 12.6. The zero-order valence-corrected chi connectivity index (χ0v) is 12.3. The maximum Gasteiger partial charge on any atom is 0.0316 e. The Morgan fingerprint density at radius 2 is 2.00 bits per heavy atom. The van der Waals surface area contributed by atoms with Crippen molar-refractivity contribution in [3.63, 3.8) is 0 Å². The lowest BCUT2D eigenvalue weighted by atomic mass is 10.1.